The summed E-state index contributed by atoms with van der Waals surface area (Å²) in [7, 11) is 0. The van der Waals surface area contributed by atoms with Gasteiger partial charge in [-0.1, -0.05) is 35.9 Å². The van der Waals surface area contributed by atoms with Crippen LogP contribution in [0.3, 0.4) is 0 Å². The van der Waals surface area contributed by atoms with Crippen molar-refractivity contribution in [3.63, 3.8) is 0 Å². The summed E-state index contributed by atoms with van der Waals surface area (Å²) >= 11 is 0. The van der Waals surface area contributed by atoms with Gasteiger partial charge < -0.3 is 10.2 Å². The van der Waals surface area contributed by atoms with Crippen LogP contribution in [0.4, 0.5) is 11.4 Å². The summed E-state index contributed by atoms with van der Waals surface area (Å²) in [5.41, 5.74) is 2.27. The number of para-hydroxylation sites is 1. The van der Waals surface area contributed by atoms with Crippen molar-refractivity contribution < 1.29 is 14.5 Å². The lowest BCUT2D eigenvalue weighted by molar-refractivity contribution is -0.385. The lowest BCUT2D eigenvalue weighted by Gasteiger charge is -2.17. The first-order valence-corrected chi connectivity index (χ1v) is 8.32. The van der Waals surface area contributed by atoms with Crippen molar-refractivity contribution in [2.75, 3.05) is 11.4 Å². The van der Waals surface area contributed by atoms with E-state index in [1.165, 1.54) is 6.07 Å². The van der Waals surface area contributed by atoms with E-state index in [0.717, 1.165) is 11.3 Å². The first-order chi connectivity index (χ1) is 12.5. The first-order valence-electron chi connectivity index (χ1n) is 8.32. The zero-order chi connectivity index (χ0) is 18.7. The average molecular weight is 353 g/mol. The zero-order valence-electron chi connectivity index (χ0n) is 14.3. The summed E-state index contributed by atoms with van der Waals surface area (Å²) < 4.78 is 0. The number of amides is 2. The number of carbonyl (C=O) groups is 2. The fraction of sp³-hybridized carbons (Fsp3) is 0.263. The van der Waals surface area contributed by atoms with E-state index in [-0.39, 0.29) is 30.5 Å². The molecule has 1 fully saturated rings. The van der Waals surface area contributed by atoms with Gasteiger partial charge in [0.1, 0.15) is 0 Å². The maximum Gasteiger partial charge on any atom is 0.274 e. The molecule has 134 valence electrons. The monoisotopic (exact) mass is 353 g/mol. The van der Waals surface area contributed by atoms with Gasteiger partial charge in [0.15, 0.2) is 0 Å². The molecule has 3 rings (SSSR count). The van der Waals surface area contributed by atoms with Crippen LogP contribution >= 0.6 is 0 Å². The van der Waals surface area contributed by atoms with Gasteiger partial charge in [-0.05, 0) is 19.1 Å². The SMILES string of the molecule is Cc1ccc(N2CC(C(=O)NCc3ccccc3[N+](=O)[O-])CC2=O)cc1. The predicted molar refractivity (Wildman–Crippen MR) is 96.6 cm³/mol. The fourth-order valence-electron chi connectivity index (χ4n) is 3.02. The highest BCUT2D eigenvalue weighted by Crippen LogP contribution is 2.26. The molecular weight excluding hydrogens is 334 g/mol. The molecule has 0 radical (unpaired) electrons. The van der Waals surface area contributed by atoms with Crippen molar-refractivity contribution in [3.05, 3.63) is 69.8 Å². The number of hydrogen-bond acceptors (Lipinski definition) is 4. The van der Waals surface area contributed by atoms with E-state index in [4.69, 9.17) is 0 Å². The third-order valence-electron chi connectivity index (χ3n) is 4.48. The third kappa shape index (κ3) is 3.72. The summed E-state index contributed by atoms with van der Waals surface area (Å²) in [4.78, 5) is 36.8. The number of nitrogens with one attached hydrogen (secondary N) is 1. The number of nitro groups is 1. The highest BCUT2D eigenvalue weighted by atomic mass is 16.6. The van der Waals surface area contributed by atoms with Gasteiger partial charge in [0.25, 0.3) is 5.69 Å². The Morgan fingerprint density at radius 3 is 2.62 bits per heavy atom. The van der Waals surface area contributed by atoms with Gasteiger partial charge in [-0.3, -0.25) is 19.7 Å². The van der Waals surface area contributed by atoms with Gasteiger partial charge >= 0.3 is 0 Å². The molecule has 2 amide bonds. The number of nitrogens with zero attached hydrogens (tertiary/aromatic N) is 2. The van der Waals surface area contributed by atoms with Crippen molar-refractivity contribution >= 4 is 23.2 Å². The molecule has 0 spiro atoms. The number of aryl methyl sites for hydroxylation is 1. The standard InChI is InChI=1S/C19H19N3O4/c1-13-6-8-16(9-7-13)21-12-15(10-18(21)23)19(24)20-11-14-4-2-3-5-17(14)22(25)26/h2-9,15H,10-12H2,1H3,(H,20,24). The van der Waals surface area contributed by atoms with E-state index >= 15 is 0 Å². The minimum Gasteiger partial charge on any atom is -0.351 e. The Bertz CT molecular complexity index is 848. The van der Waals surface area contributed by atoms with Crippen LogP contribution in [-0.2, 0) is 16.1 Å². The highest BCUT2D eigenvalue weighted by molar-refractivity contribution is 6.00. The molecule has 7 heteroatoms. The number of anilines is 1. The number of benzene rings is 2. The number of hydrogen-bond donors (Lipinski definition) is 1. The van der Waals surface area contributed by atoms with E-state index < -0.39 is 10.8 Å². The number of nitro benzene ring substituents is 1. The topological polar surface area (TPSA) is 92.6 Å². The molecule has 2 aromatic carbocycles. The second-order valence-electron chi connectivity index (χ2n) is 6.34. The average Bonchev–Trinajstić information content (AvgIpc) is 3.02. The zero-order valence-corrected chi connectivity index (χ0v) is 14.3. The van der Waals surface area contributed by atoms with Crippen LogP contribution in [0.2, 0.25) is 0 Å². The second-order valence-corrected chi connectivity index (χ2v) is 6.34. The van der Waals surface area contributed by atoms with Gasteiger partial charge in [-0.2, -0.15) is 0 Å². The summed E-state index contributed by atoms with van der Waals surface area (Å²) in [6, 6.07) is 13.8. The van der Waals surface area contributed by atoms with E-state index in [2.05, 4.69) is 5.32 Å². The van der Waals surface area contributed by atoms with Crippen LogP contribution < -0.4 is 10.2 Å². The lowest BCUT2D eigenvalue weighted by Crippen LogP contribution is -2.32. The second kappa shape index (κ2) is 7.35. The van der Waals surface area contributed by atoms with Gasteiger partial charge in [0.2, 0.25) is 11.8 Å². The van der Waals surface area contributed by atoms with Gasteiger partial charge in [-0.15, -0.1) is 0 Å². The molecule has 0 aliphatic carbocycles. The van der Waals surface area contributed by atoms with Crippen LogP contribution in [0.25, 0.3) is 0 Å². The molecule has 1 N–H and O–H groups in total. The van der Waals surface area contributed by atoms with Crippen LogP contribution in [0.1, 0.15) is 17.5 Å². The number of carbonyl (C=O) groups excluding carboxylic acids is 2. The van der Waals surface area contributed by atoms with Gasteiger partial charge in [-0.25, -0.2) is 0 Å². The molecular formula is C19H19N3O4. The molecule has 0 bridgehead atoms. The van der Waals surface area contributed by atoms with E-state index in [1.807, 2.05) is 31.2 Å². The molecule has 0 aromatic heterocycles. The quantitative estimate of drug-likeness (QED) is 0.660. The van der Waals surface area contributed by atoms with E-state index in [0.29, 0.717) is 12.1 Å². The van der Waals surface area contributed by atoms with E-state index in [9.17, 15) is 19.7 Å². The Labute approximate surface area is 150 Å². The molecule has 26 heavy (non-hydrogen) atoms. The maximum atomic E-state index is 12.4. The minimum absolute atomic E-state index is 0.0309. The largest absolute Gasteiger partial charge is 0.351 e. The Morgan fingerprint density at radius 1 is 1.23 bits per heavy atom. The van der Waals surface area contributed by atoms with Crippen LogP contribution in [-0.4, -0.2) is 23.3 Å². The Balaban J connectivity index is 1.64. The molecule has 7 nitrogen and oxygen atoms in total. The van der Waals surface area contributed by atoms with Crippen LogP contribution in [0.5, 0.6) is 0 Å². The smallest absolute Gasteiger partial charge is 0.274 e. The maximum absolute atomic E-state index is 12.4. The van der Waals surface area contributed by atoms with E-state index in [1.54, 1.807) is 23.1 Å². The van der Waals surface area contributed by atoms with Crippen molar-refractivity contribution in [2.45, 2.75) is 19.9 Å². The number of rotatable bonds is 5. The first kappa shape index (κ1) is 17.6. The minimum atomic E-state index is -0.473. The molecule has 1 atom stereocenters. The Hall–Kier alpha value is -3.22. The summed E-state index contributed by atoms with van der Waals surface area (Å²) in [6.45, 7) is 2.34. The van der Waals surface area contributed by atoms with Crippen molar-refractivity contribution in [3.8, 4) is 0 Å². The summed E-state index contributed by atoms with van der Waals surface area (Å²) in [5, 5.41) is 13.7. The molecule has 1 aliphatic heterocycles. The molecule has 1 heterocycles. The highest BCUT2D eigenvalue weighted by Gasteiger charge is 2.35. The van der Waals surface area contributed by atoms with Crippen LogP contribution in [0.15, 0.2) is 48.5 Å². The Kier molecular flexibility index (Phi) is 4.97. The molecule has 1 unspecified atom stereocenters. The van der Waals surface area contributed by atoms with Crippen LogP contribution in [0, 0.1) is 23.0 Å². The van der Waals surface area contributed by atoms with Crippen molar-refractivity contribution in [1.82, 2.24) is 5.32 Å². The predicted octanol–water partition coefficient (Wildman–Crippen LogP) is 2.57. The summed E-state index contributed by atoms with van der Waals surface area (Å²) in [6.07, 6.45) is 0.136. The fourth-order valence-corrected chi connectivity index (χ4v) is 3.02. The Morgan fingerprint density at radius 2 is 1.92 bits per heavy atom. The van der Waals surface area contributed by atoms with Crippen molar-refractivity contribution in [2.24, 2.45) is 5.92 Å². The molecule has 1 saturated heterocycles. The molecule has 1 aliphatic rings. The lowest BCUT2D eigenvalue weighted by atomic mass is 10.1. The molecule has 2 aromatic rings. The van der Waals surface area contributed by atoms with Gasteiger partial charge in [0.05, 0.1) is 10.8 Å². The molecule has 0 saturated carbocycles. The summed E-state index contributed by atoms with van der Waals surface area (Å²) in [5.74, 6) is -0.836. The third-order valence-corrected chi connectivity index (χ3v) is 4.48. The van der Waals surface area contributed by atoms with Gasteiger partial charge in [0, 0.05) is 36.8 Å². The van der Waals surface area contributed by atoms with Crippen molar-refractivity contribution in [1.29, 1.82) is 0 Å². The normalized spacial score (nSPS) is 16.6.